The van der Waals surface area contributed by atoms with E-state index in [2.05, 4.69) is 34.6 Å². The first-order valence-electron chi connectivity index (χ1n) is 22.8. The van der Waals surface area contributed by atoms with Gasteiger partial charge in [-0.2, -0.15) is 0 Å². The highest BCUT2D eigenvalue weighted by molar-refractivity contribution is 5.71. The minimum absolute atomic E-state index is 0.0667. The predicted molar refractivity (Wildman–Crippen MR) is 220 cm³/mol. The standard InChI is InChI=1S/C46H88O6/c1-6-8-9-24-33-38-46(49)52-43(40-51-45(48)37-32-28-23-22-26-30-35-42(5)7-2)39-50-44(47)36-31-27-21-19-17-15-13-11-10-12-14-16-18-20-25-29-34-41(3)4/h41-43H,6-40H2,1-5H3/t42?,43-/m1/s1. The lowest BCUT2D eigenvalue weighted by atomic mass is 10.00. The molecular weight excluding hydrogens is 649 g/mol. The van der Waals surface area contributed by atoms with E-state index < -0.39 is 6.10 Å². The number of hydrogen-bond donors (Lipinski definition) is 0. The van der Waals surface area contributed by atoms with E-state index in [1.165, 1.54) is 128 Å². The van der Waals surface area contributed by atoms with E-state index in [0.717, 1.165) is 76.0 Å². The van der Waals surface area contributed by atoms with Crippen LogP contribution >= 0.6 is 0 Å². The van der Waals surface area contributed by atoms with Gasteiger partial charge in [-0.1, -0.05) is 208 Å². The molecule has 6 heteroatoms. The number of carbonyl (C=O) groups excluding carboxylic acids is 3. The molecule has 52 heavy (non-hydrogen) atoms. The minimum Gasteiger partial charge on any atom is -0.462 e. The normalized spacial score (nSPS) is 12.6. The molecule has 0 saturated heterocycles. The molecule has 0 heterocycles. The summed E-state index contributed by atoms with van der Waals surface area (Å²) in [5.74, 6) is 0.793. The van der Waals surface area contributed by atoms with Gasteiger partial charge in [-0.25, -0.2) is 0 Å². The Labute approximate surface area is 323 Å². The summed E-state index contributed by atoms with van der Waals surface area (Å²) in [5.41, 5.74) is 0. The quantitative estimate of drug-likeness (QED) is 0.0354. The van der Waals surface area contributed by atoms with Gasteiger partial charge < -0.3 is 14.2 Å². The first kappa shape index (κ1) is 50.4. The molecule has 0 aliphatic carbocycles. The minimum atomic E-state index is -0.758. The fourth-order valence-corrected chi connectivity index (χ4v) is 6.72. The molecule has 6 nitrogen and oxygen atoms in total. The molecule has 0 aliphatic heterocycles. The fourth-order valence-electron chi connectivity index (χ4n) is 6.72. The highest BCUT2D eigenvalue weighted by Gasteiger charge is 2.19. The van der Waals surface area contributed by atoms with Crippen molar-refractivity contribution in [1.82, 2.24) is 0 Å². The highest BCUT2D eigenvalue weighted by Crippen LogP contribution is 2.17. The molecule has 0 aromatic heterocycles. The molecule has 0 fully saturated rings. The molecule has 0 saturated carbocycles. The second-order valence-corrected chi connectivity index (χ2v) is 16.4. The summed E-state index contributed by atoms with van der Waals surface area (Å²) in [6, 6.07) is 0. The fraction of sp³-hybridized carbons (Fsp3) is 0.935. The van der Waals surface area contributed by atoms with Crippen molar-refractivity contribution in [2.75, 3.05) is 13.2 Å². The maximum absolute atomic E-state index is 12.5. The Morgan fingerprint density at radius 2 is 0.731 bits per heavy atom. The van der Waals surface area contributed by atoms with Crippen LogP contribution in [0.3, 0.4) is 0 Å². The zero-order chi connectivity index (χ0) is 38.3. The summed E-state index contributed by atoms with van der Waals surface area (Å²) < 4.78 is 16.6. The number of esters is 3. The van der Waals surface area contributed by atoms with Gasteiger partial charge in [0.2, 0.25) is 0 Å². The molecule has 0 aliphatic rings. The van der Waals surface area contributed by atoms with Gasteiger partial charge >= 0.3 is 17.9 Å². The van der Waals surface area contributed by atoms with Gasteiger partial charge in [-0.05, 0) is 31.1 Å². The molecular formula is C46H88O6. The van der Waals surface area contributed by atoms with Gasteiger partial charge in [-0.15, -0.1) is 0 Å². The van der Waals surface area contributed by atoms with E-state index in [1.54, 1.807) is 0 Å². The first-order chi connectivity index (χ1) is 25.3. The van der Waals surface area contributed by atoms with Gasteiger partial charge in [0.25, 0.3) is 0 Å². The highest BCUT2D eigenvalue weighted by atomic mass is 16.6. The zero-order valence-corrected chi connectivity index (χ0v) is 35.4. The van der Waals surface area contributed by atoms with Crippen LogP contribution in [0.15, 0.2) is 0 Å². The molecule has 0 rings (SSSR count). The maximum Gasteiger partial charge on any atom is 0.306 e. The van der Waals surface area contributed by atoms with Crippen molar-refractivity contribution >= 4 is 17.9 Å². The third-order valence-corrected chi connectivity index (χ3v) is 10.6. The second kappa shape index (κ2) is 39.1. The van der Waals surface area contributed by atoms with Crippen molar-refractivity contribution in [3.63, 3.8) is 0 Å². The number of carbonyl (C=O) groups is 3. The van der Waals surface area contributed by atoms with Gasteiger partial charge in [0.15, 0.2) is 6.10 Å². The lowest BCUT2D eigenvalue weighted by Gasteiger charge is -2.18. The van der Waals surface area contributed by atoms with Crippen LogP contribution in [-0.2, 0) is 28.6 Å². The molecule has 0 aromatic carbocycles. The number of ether oxygens (including phenoxy) is 3. The van der Waals surface area contributed by atoms with E-state index >= 15 is 0 Å². The lowest BCUT2D eigenvalue weighted by molar-refractivity contribution is -0.167. The Bertz CT molecular complexity index is 796. The topological polar surface area (TPSA) is 78.9 Å². The first-order valence-corrected chi connectivity index (χ1v) is 22.8. The van der Waals surface area contributed by atoms with Gasteiger partial charge in [-0.3, -0.25) is 14.4 Å². The average molecular weight is 737 g/mol. The van der Waals surface area contributed by atoms with Crippen LogP contribution < -0.4 is 0 Å². The Morgan fingerprint density at radius 3 is 1.10 bits per heavy atom. The maximum atomic E-state index is 12.5. The van der Waals surface area contributed by atoms with Gasteiger partial charge in [0, 0.05) is 19.3 Å². The molecule has 0 N–H and O–H groups in total. The molecule has 308 valence electrons. The monoisotopic (exact) mass is 737 g/mol. The lowest BCUT2D eigenvalue weighted by Crippen LogP contribution is -2.30. The molecule has 0 spiro atoms. The van der Waals surface area contributed by atoms with Crippen molar-refractivity contribution < 1.29 is 28.6 Å². The zero-order valence-electron chi connectivity index (χ0n) is 35.4. The van der Waals surface area contributed by atoms with Crippen LogP contribution in [0.4, 0.5) is 0 Å². The molecule has 0 radical (unpaired) electrons. The summed E-state index contributed by atoms with van der Waals surface area (Å²) in [7, 11) is 0. The van der Waals surface area contributed by atoms with Crippen molar-refractivity contribution in [3.8, 4) is 0 Å². The number of hydrogen-bond acceptors (Lipinski definition) is 6. The largest absolute Gasteiger partial charge is 0.462 e. The molecule has 2 atom stereocenters. The summed E-state index contributed by atoms with van der Waals surface area (Å²) in [5, 5.41) is 0. The van der Waals surface area contributed by atoms with E-state index in [-0.39, 0.29) is 31.1 Å². The van der Waals surface area contributed by atoms with Crippen molar-refractivity contribution in [2.45, 2.75) is 253 Å². The van der Waals surface area contributed by atoms with Crippen molar-refractivity contribution in [1.29, 1.82) is 0 Å². The average Bonchev–Trinajstić information content (AvgIpc) is 3.12. The Kier molecular flexibility index (Phi) is 37.9. The Balaban J connectivity index is 4.07. The number of unbranched alkanes of at least 4 members (excludes halogenated alkanes) is 24. The Hall–Kier alpha value is -1.59. The van der Waals surface area contributed by atoms with Crippen LogP contribution in [0.25, 0.3) is 0 Å². The molecule has 0 aromatic rings. The van der Waals surface area contributed by atoms with Crippen molar-refractivity contribution in [2.24, 2.45) is 11.8 Å². The smallest absolute Gasteiger partial charge is 0.306 e. The summed E-state index contributed by atoms with van der Waals surface area (Å²) >= 11 is 0. The summed E-state index contributed by atoms with van der Waals surface area (Å²) in [6.45, 7) is 11.2. The Morgan fingerprint density at radius 1 is 0.404 bits per heavy atom. The summed E-state index contributed by atoms with van der Waals surface area (Å²) in [4.78, 5) is 37.4. The van der Waals surface area contributed by atoms with Gasteiger partial charge in [0.05, 0.1) is 0 Å². The van der Waals surface area contributed by atoms with Crippen molar-refractivity contribution in [3.05, 3.63) is 0 Å². The van der Waals surface area contributed by atoms with Crippen LogP contribution in [0, 0.1) is 11.8 Å². The third kappa shape index (κ3) is 38.1. The summed E-state index contributed by atoms with van der Waals surface area (Å²) in [6.07, 6.45) is 37.0. The second-order valence-electron chi connectivity index (χ2n) is 16.4. The van der Waals surface area contributed by atoms with Crippen LogP contribution in [0.2, 0.25) is 0 Å². The molecule has 0 amide bonds. The molecule has 1 unspecified atom stereocenters. The van der Waals surface area contributed by atoms with Crippen LogP contribution in [0.1, 0.15) is 247 Å². The van der Waals surface area contributed by atoms with Crippen LogP contribution in [0.5, 0.6) is 0 Å². The van der Waals surface area contributed by atoms with Crippen LogP contribution in [-0.4, -0.2) is 37.2 Å². The van der Waals surface area contributed by atoms with E-state index in [1.807, 2.05) is 0 Å². The van der Waals surface area contributed by atoms with E-state index in [0.29, 0.717) is 19.3 Å². The van der Waals surface area contributed by atoms with E-state index in [4.69, 9.17) is 14.2 Å². The SMILES string of the molecule is CCCCCCCC(=O)O[C@H](COC(=O)CCCCCCCCCCCCCCCCCCC(C)C)COC(=O)CCCCCCCCC(C)CC. The molecule has 0 bridgehead atoms. The van der Waals surface area contributed by atoms with Gasteiger partial charge in [0.1, 0.15) is 13.2 Å². The number of rotatable bonds is 40. The van der Waals surface area contributed by atoms with E-state index in [9.17, 15) is 14.4 Å². The predicted octanol–water partition coefficient (Wildman–Crippen LogP) is 14.2. The third-order valence-electron chi connectivity index (χ3n) is 10.6.